The van der Waals surface area contributed by atoms with E-state index in [-0.39, 0.29) is 70.4 Å². The lowest BCUT2D eigenvalue weighted by Crippen LogP contribution is -2.42. The van der Waals surface area contributed by atoms with E-state index in [0.29, 0.717) is 90.0 Å². The summed E-state index contributed by atoms with van der Waals surface area (Å²) < 4.78 is 1.63. The van der Waals surface area contributed by atoms with Gasteiger partial charge in [-0.15, -0.1) is 11.3 Å². The highest BCUT2D eigenvalue weighted by Crippen LogP contribution is 2.27. The second-order valence-corrected chi connectivity index (χ2v) is 22.6. The summed E-state index contributed by atoms with van der Waals surface area (Å²) in [5, 5.41) is 6.54. The van der Waals surface area contributed by atoms with Crippen LogP contribution in [0.3, 0.4) is 0 Å². The van der Waals surface area contributed by atoms with E-state index in [1.807, 2.05) is 102 Å². The molecule has 0 bridgehead atoms. The van der Waals surface area contributed by atoms with Crippen LogP contribution in [0.15, 0.2) is 182 Å². The van der Waals surface area contributed by atoms with Crippen molar-refractivity contribution in [2.45, 2.75) is 51.4 Å². The Balaban J connectivity index is 0.000000138. The molecule has 4 aliphatic rings. The van der Waals surface area contributed by atoms with Gasteiger partial charge in [0.15, 0.2) is 28.1 Å². The Morgan fingerprint density at radius 2 is 0.793 bits per heavy atom. The van der Waals surface area contributed by atoms with Crippen LogP contribution in [0, 0.1) is 23.7 Å². The molecule has 0 N–H and O–H groups in total. The smallest absolute Gasteiger partial charge is 0.253 e. The average Bonchev–Trinajstić information content (AvgIpc) is 4.24. The molecule has 4 aromatic carbocycles. The van der Waals surface area contributed by atoms with Crippen molar-refractivity contribution in [2.75, 3.05) is 52.4 Å². The molecule has 4 fully saturated rings. The molecule has 87 heavy (non-hydrogen) atoms. The van der Waals surface area contributed by atoms with Crippen LogP contribution < -0.4 is 0 Å². The number of aromatic nitrogens is 7. The Hall–Kier alpha value is -9.56. The first-order valence-electron chi connectivity index (χ1n) is 29.4. The number of piperidine rings is 4. The molecule has 0 aliphatic carbocycles. The number of aryl methyl sites for hydroxylation is 1. The topological polar surface area (TPSA) is 232 Å². The van der Waals surface area contributed by atoms with Crippen molar-refractivity contribution in [3.05, 3.63) is 227 Å². The van der Waals surface area contributed by atoms with Gasteiger partial charge in [0.1, 0.15) is 24.0 Å². The second kappa shape index (κ2) is 31.0. The first-order chi connectivity index (χ1) is 42.4. The molecule has 12 rings (SSSR count). The minimum Gasteiger partial charge on any atom is -0.338 e. The van der Waals surface area contributed by atoms with Crippen molar-refractivity contribution >= 4 is 58.1 Å². The molecular weight excluding hydrogens is 1120 g/mol. The van der Waals surface area contributed by atoms with Crippen LogP contribution in [-0.4, -0.2) is 153 Å². The highest BCUT2D eigenvalue weighted by Gasteiger charge is 2.34. The number of rotatable bonds is 12. The van der Waals surface area contributed by atoms with Crippen LogP contribution in [0.25, 0.3) is 0 Å². The molecule has 4 saturated heterocycles. The van der Waals surface area contributed by atoms with Crippen molar-refractivity contribution in [3.63, 3.8) is 0 Å². The predicted molar refractivity (Wildman–Crippen MR) is 327 cm³/mol. The van der Waals surface area contributed by atoms with E-state index in [4.69, 9.17) is 0 Å². The Kier molecular flexibility index (Phi) is 22.1. The van der Waals surface area contributed by atoms with Gasteiger partial charge >= 0.3 is 0 Å². The van der Waals surface area contributed by atoms with E-state index in [2.05, 4.69) is 30.0 Å². The van der Waals surface area contributed by atoms with Gasteiger partial charge < -0.3 is 19.6 Å². The molecule has 4 amide bonds. The van der Waals surface area contributed by atoms with Gasteiger partial charge in [-0.25, -0.2) is 24.9 Å². The molecule has 0 spiro atoms. The highest BCUT2D eigenvalue weighted by molar-refractivity contribution is 7.11. The maximum atomic E-state index is 12.5. The van der Waals surface area contributed by atoms with Gasteiger partial charge in [0.25, 0.3) is 23.6 Å². The van der Waals surface area contributed by atoms with Gasteiger partial charge in [0.2, 0.25) is 0 Å². The molecule has 446 valence electrons. The summed E-state index contributed by atoms with van der Waals surface area (Å²) in [6.07, 6.45) is 17.4. The van der Waals surface area contributed by atoms with Crippen LogP contribution in [0.1, 0.15) is 134 Å². The average molecular weight is 1190 g/mol. The molecule has 4 atom stereocenters. The zero-order valence-corrected chi connectivity index (χ0v) is 49.4. The number of hydrogen-bond donors (Lipinski definition) is 0. The van der Waals surface area contributed by atoms with Crippen molar-refractivity contribution < 1.29 is 38.4 Å². The van der Waals surface area contributed by atoms with Crippen LogP contribution in [-0.2, 0) is 7.05 Å². The second-order valence-electron chi connectivity index (χ2n) is 21.7. The van der Waals surface area contributed by atoms with Crippen LogP contribution in [0.5, 0.6) is 0 Å². The molecule has 19 nitrogen and oxygen atoms in total. The third-order valence-corrected chi connectivity index (χ3v) is 16.5. The fourth-order valence-corrected chi connectivity index (χ4v) is 11.8. The first-order valence-corrected chi connectivity index (χ1v) is 30.2. The third-order valence-electron chi connectivity index (χ3n) is 15.7. The lowest BCUT2D eigenvalue weighted by molar-refractivity contribution is 0.0622. The van der Waals surface area contributed by atoms with E-state index in [1.165, 1.54) is 36.4 Å². The molecule has 4 aliphatic heterocycles. The normalized spacial score (nSPS) is 18.2. The summed E-state index contributed by atoms with van der Waals surface area (Å²) in [6, 6.07) is 40.2. The Labute approximate surface area is 509 Å². The summed E-state index contributed by atoms with van der Waals surface area (Å²) in [4.78, 5) is 127. The zero-order valence-electron chi connectivity index (χ0n) is 48.5. The molecule has 4 unspecified atom stereocenters. The minimum absolute atomic E-state index is 0.000814. The van der Waals surface area contributed by atoms with Gasteiger partial charge in [-0.05, 0) is 112 Å². The number of Topliss-reactive ketones (excluding diaryl/α,β-unsaturated/α-hetero) is 4. The minimum atomic E-state index is -0.184. The van der Waals surface area contributed by atoms with E-state index in [0.717, 1.165) is 57.9 Å². The number of likely N-dealkylation sites (tertiary alicyclic amines) is 4. The lowest BCUT2D eigenvalue weighted by atomic mass is 9.90. The Bertz CT molecular complexity index is 3330. The first kappa shape index (κ1) is 62.0. The van der Waals surface area contributed by atoms with Crippen molar-refractivity contribution in [1.82, 2.24) is 54.3 Å². The number of carbonyl (C=O) groups is 8. The molecular formula is C67H69N11O8S. The van der Waals surface area contributed by atoms with Crippen molar-refractivity contribution in [1.29, 1.82) is 0 Å². The number of amides is 4. The number of benzene rings is 4. The summed E-state index contributed by atoms with van der Waals surface area (Å²) in [5.74, 6) is -0.548. The standard InChI is InChI=1S/C17H19N3O2.2C17H17N3O2.C16H16N2O2S/c1-19-11-9-15(18-19)16(21)14-8-5-10-20(12-14)17(22)13-6-3-2-4-7-13;21-16(15-8-9-18-12-19-15)14-7-4-10-20(11-14)17(22)13-5-2-1-3-6-13;21-16(15-9-18-12-19-10-15)14-7-4-8-20(11-14)17(22)13-5-2-1-3-6-13;19-14(15-17-8-10-21-15)13-7-4-9-18(11-13)16(20)12-5-2-1-3-6-12/h2-4,6-7,9,11,14H,5,8,10,12H2,1H3;1-3,5-6,8-9,12,14H,4,7,10-11H2;1-3,5-6,9-10,12,14H,4,7-8,11H2;1-3,5-6,8,10,13H,4,7,9,11H2. The van der Waals surface area contributed by atoms with Crippen LogP contribution >= 0.6 is 11.3 Å². The van der Waals surface area contributed by atoms with Gasteiger partial charge in [-0.2, -0.15) is 5.10 Å². The summed E-state index contributed by atoms with van der Waals surface area (Å²) in [6.45, 7) is 4.70. The SMILES string of the molecule is Cn1ccc(C(=O)C2CCCN(C(=O)c3ccccc3)C2)n1.O=C(c1ccncn1)C1CCCN(C(=O)c2ccccc2)C1.O=C(c1cncnc1)C1CCCN(C(=O)c2ccccc2)C1.O=C(c1nccs1)C1CCCN(C(=O)c2ccccc2)C1. The summed E-state index contributed by atoms with van der Waals surface area (Å²) in [7, 11) is 1.79. The molecule has 0 saturated carbocycles. The quantitative estimate of drug-likeness (QED) is 0.104. The predicted octanol–water partition coefficient (Wildman–Crippen LogP) is 9.46. The maximum absolute atomic E-state index is 12.5. The van der Waals surface area contributed by atoms with E-state index >= 15 is 0 Å². The number of ketones is 4. The van der Waals surface area contributed by atoms with Gasteiger partial charge in [-0.3, -0.25) is 43.0 Å². The molecule has 20 heteroatoms. The van der Waals surface area contributed by atoms with Crippen LogP contribution in [0.4, 0.5) is 0 Å². The van der Waals surface area contributed by atoms with E-state index in [1.54, 1.807) is 86.3 Å². The van der Waals surface area contributed by atoms with Crippen LogP contribution in [0.2, 0.25) is 0 Å². The lowest BCUT2D eigenvalue weighted by Gasteiger charge is -2.32. The Morgan fingerprint density at radius 3 is 1.15 bits per heavy atom. The van der Waals surface area contributed by atoms with Gasteiger partial charge in [0.05, 0.1) is 5.56 Å². The molecule has 8 aromatic rings. The van der Waals surface area contributed by atoms with Gasteiger partial charge in [-0.1, -0.05) is 72.8 Å². The Morgan fingerprint density at radius 1 is 0.402 bits per heavy atom. The molecule has 4 aromatic heterocycles. The fraction of sp³-hybridized carbons (Fsp3) is 0.313. The maximum Gasteiger partial charge on any atom is 0.253 e. The number of nitrogens with zero attached hydrogens (tertiary/aromatic N) is 11. The monoisotopic (exact) mass is 1190 g/mol. The highest BCUT2D eigenvalue weighted by atomic mass is 32.1. The largest absolute Gasteiger partial charge is 0.338 e. The van der Waals surface area contributed by atoms with Crippen molar-refractivity contribution in [2.24, 2.45) is 30.7 Å². The number of thiazole rings is 1. The number of hydrogen-bond acceptors (Lipinski definition) is 15. The summed E-state index contributed by atoms with van der Waals surface area (Å²) in [5.41, 5.74) is 4.11. The van der Waals surface area contributed by atoms with E-state index in [9.17, 15) is 38.4 Å². The number of carbonyl (C=O) groups excluding carboxylic acids is 8. The third kappa shape index (κ3) is 16.9. The fourth-order valence-electron chi connectivity index (χ4n) is 11.1. The van der Waals surface area contributed by atoms with E-state index < -0.39 is 0 Å². The molecule has 8 heterocycles. The zero-order chi connectivity index (χ0) is 60.9. The van der Waals surface area contributed by atoms with Gasteiger partial charge in [0, 0.05) is 142 Å². The molecule has 0 radical (unpaired) electrons. The summed E-state index contributed by atoms with van der Waals surface area (Å²) >= 11 is 1.37. The van der Waals surface area contributed by atoms with Crippen molar-refractivity contribution in [3.8, 4) is 0 Å².